The molecule has 1 amide bonds. The number of anilines is 1. The molecule has 0 bridgehead atoms. The molecular formula is C21H20IN3O3S. The second-order valence-electron chi connectivity index (χ2n) is 6.90. The average molecular weight is 521 g/mol. The Hall–Kier alpha value is -2.20. The first-order valence-corrected chi connectivity index (χ1v) is 10.9. The summed E-state index contributed by atoms with van der Waals surface area (Å²) in [5, 5.41) is 7.09. The molecule has 0 saturated carbocycles. The van der Waals surface area contributed by atoms with Crippen LogP contribution < -0.4 is 10.1 Å². The number of nitrogens with zero attached hydrogens (tertiary/aromatic N) is 2. The number of rotatable bonds is 6. The lowest BCUT2D eigenvalue weighted by Crippen LogP contribution is -2.19. The first-order valence-electron chi connectivity index (χ1n) is 9.44. The van der Waals surface area contributed by atoms with E-state index in [1.807, 2.05) is 30.3 Å². The molecule has 1 aliphatic rings. The van der Waals surface area contributed by atoms with Crippen molar-refractivity contribution in [2.75, 3.05) is 5.32 Å². The molecule has 0 atom stereocenters. The summed E-state index contributed by atoms with van der Waals surface area (Å²) in [4.78, 5) is 12.4. The van der Waals surface area contributed by atoms with Gasteiger partial charge in [0.05, 0.1) is 0 Å². The highest BCUT2D eigenvalue weighted by atomic mass is 127. The molecule has 6 nitrogen and oxygen atoms in total. The number of benzene rings is 2. The van der Waals surface area contributed by atoms with Gasteiger partial charge in [0, 0.05) is 9.26 Å². The number of hydrogen-bond donors (Lipinski definition) is 1. The van der Waals surface area contributed by atoms with Crippen LogP contribution in [0.1, 0.15) is 29.9 Å². The third-order valence-electron chi connectivity index (χ3n) is 4.75. The number of amides is 1. The van der Waals surface area contributed by atoms with Crippen molar-refractivity contribution in [3.63, 3.8) is 0 Å². The number of nitrogens with one attached hydrogen (secondary N) is 1. The molecule has 0 unspecified atom stereocenters. The summed E-state index contributed by atoms with van der Waals surface area (Å²) in [7, 11) is 0. The van der Waals surface area contributed by atoms with Gasteiger partial charge in [-0.05, 0) is 108 Å². The molecule has 29 heavy (non-hydrogen) atoms. The van der Waals surface area contributed by atoms with Crippen LogP contribution in [0, 0.1) is 8.41 Å². The molecule has 2 aromatic carbocycles. The van der Waals surface area contributed by atoms with E-state index >= 15 is 0 Å². The number of ether oxygens (including phenoxy) is 1. The van der Waals surface area contributed by atoms with Gasteiger partial charge in [-0.25, -0.2) is 4.68 Å². The van der Waals surface area contributed by atoms with E-state index in [0.717, 1.165) is 27.8 Å². The third kappa shape index (κ3) is 5.24. The van der Waals surface area contributed by atoms with Crippen molar-refractivity contribution in [1.82, 2.24) is 9.78 Å². The Morgan fingerprint density at radius 2 is 1.93 bits per heavy atom. The molecule has 150 valence electrons. The maximum absolute atomic E-state index is 12.3. The van der Waals surface area contributed by atoms with Crippen molar-refractivity contribution >= 4 is 46.4 Å². The summed E-state index contributed by atoms with van der Waals surface area (Å²) in [6, 6.07) is 13.7. The van der Waals surface area contributed by atoms with Crippen LogP contribution in [0.3, 0.4) is 0 Å². The molecule has 0 aliphatic heterocycles. The summed E-state index contributed by atoms with van der Waals surface area (Å²) in [6.07, 6.45) is 4.71. The largest absolute Gasteiger partial charge is 0.484 e. The van der Waals surface area contributed by atoms with E-state index in [1.54, 1.807) is 0 Å². The van der Waals surface area contributed by atoms with E-state index in [9.17, 15) is 4.79 Å². The van der Waals surface area contributed by atoms with Crippen LogP contribution in [-0.4, -0.2) is 15.7 Å². The van der Waals surface area contributed by atoms with Gasteiger partial charge in [-0.2, -0.15) is 0 Å². The van der Waals surface area contributed by atoms with E-state index in [2.05, 4.69) is 45.1 Å². The topological polar surface area (TPSA) is 69.3 Å². The zero-order valence-electron chi connectivity index (χ0n) is 15.7. The van der Waals surface area contributed by atoms with Gasteiger partial charge in [-0.3, -0.25) is 4.79 Å². The van der Waals surface area contributed by atoms with Gasteiger partial charge in [0.2, 0.25) is 5.91 Å². The minimum absolute atomic E-state index is 0.0207. The second-order valence-corrected chi connectivity index (χ2v) is 8.50. The van der Waals surface area contributed by atoms with Crippen LogP contribution in [0.4, 0.5) is 5.69 Å². The summed E-state index contributed by atoms with van der Waals surface area (Å²) in [6.45, 7) is 0.140. The fourth-order valence-corrected chi connectivity index (χ4v) is 3.88. The van der Waals surface area contributed by atoms with Crippen molar-refractivity contribution in [3.8, 4) is 5.75 Å². The van der Waals surface area contributed by atoms with Crippen molar-refractivity contribution < 1.29 is 13.9 Å². The first-order chi connectivity index (χ1) is 14.1. The molecule has 4 rings (SSSR count). The number of halogens is 1. The lowest BCUT2D eigenvalue weighted by molar-refractivity contribution is -0.117. The van der Waals surface area contributed by atoms with Crippen LogP contribution in [0.15, 0.2) is 46.9 Å². The molecule has 1 N–H and O–H groups in total. The number of aryl methyl sites for hydroxylation is 2. The standard InChI is InChI=1S/C21H20IN3O3S/c22-16-6-8-17(9-7-16)23-19(26)12-25-21(29)28-20(24-25)13-27-18-10-5-14-3-1-2-4-15(14)11-18/h5-11H,1-4,12-13H2,(H,23,26). The number of aromatic nitrogens is 2. The van der Waals surface area contributed by atoms with Crippen LogP contribution in [0.5, 0.6) is 5.75 Å². The molecule has 0 radical (unpaired) electrons. The number of carbonyl (C=O) groups is 1. The van der Waals surface area contributed by atoms with Crippen molar-refractivity contribution in [1.29, 1.82) is 0 Å². The minimum Gasteiger partial charge on any atom is -0.484 e. The van der Waals surface area contributed by atoms with E-state index in [4.69, 9.17) is 21.4 Å². The Bertz CT molecular complexity index is 1080. The Labute approximate surface area is 187 Å². The maximum atomic E-state index is 12.3. The fourth-order valence-electron chi connectivity index (χ4n) is 3.32. The lowest BCUT2D eigenvalue weighted by atomic mass is 9.92. The van der Waals surface area contributed by atoms with E-state index in [-0.39, 0.29) is 23.9 Å². The van der Waals surface area contributed by atoms with Crippen LogP contribution in [-0.2, 0) is 30.8 Å². The van der Waals surface area contributed by atoms with Gasteiger partial charge in [0.1, 0.15) is 12.3 Å². The van der Waals surface area contributed by atoms with Gasteiger partial charge < -0.3 is 14.5 Å². The Kier molecular flexibility index (Phi) is 6.29. The van der Waals surface area contributed by atoms with Gasteiger partial charge in [0.25, 0.3) is 10.7 Å². The van der Waals surface area contributed by atoms with Crippen molar-refractivity contribution in [2.45, 2.75) is 38.8 Å². The Morgan fingerprint density at radius 3 is 2.72 bits per heavy atom. The molecule has 8 heteroatoms. The van der Waals surface area contributed by atoms with Gasteiger partial charge in [0.15, 0.2) is 6.61 Å². The Balaban J connectivity index is 1.36. The summed E-state index contributed by atoms with van der Waals surface area (Å²) >= 11 is 7.39. The highest BCUT2D eigenvalue weighted by Gasteiger charge is 2.13. The normalized spacial score (nSPS) is 13.0. The molecule has 0 saturated heterocycles. The number of hydrogen-bond acceptors (Lipinski definition) is 5. The molecule has 3 aromatic rings. The first kappa shape index (κ1) is 20.1. The predicted molar refractivity (Wildman–Crippen MR) is 121 cm³/mol. The molecule has 0 fully saturated rings. The van der Waals surface area contributed by atoms with Crippen molar-refractivity contribution in [2.24, 2.45) is 0 Å². The number of carbonyl (C=O) groups excluding carboxylic acids is 1. The monoisotopic (exact) mass is 521 g/mol. The minimum atomic E-state index is -0.224. The van der Waals surface area contributed by atoms with Gasteiger partial charge >= 0.3 is 0 Å². The quantitative estimate of drug-likeness (QED) is 0.369. The second kappa shape index (κ2) is 9.08. The van der Waals surface area contributed by atoms with E-state index in [0.29, 0.717) is 5.89 Å². The SMILES string of the molecule is O=C(Cn1nc(COc2ccc3c(c2)CCCC3)oc1=S)Nc1ccc(I)cc1. The van der Waals surface area contributed by atoms with Gasteiger partial charge in [-0.15, -0.1) is 5.10 Å². The fraction of sp³-hybridized carbons (Fsp3) is 0.286. The summed E-state index contributed by atoms with van der Waals surface area (Å²) in [5.74, 6) is 0.908. The maximum Gasteiger partial charge on any atom is 0.287 e. The van der Waals surface area contributed by atoms with Crippen LogP contribution in [0.25, 0.3) is 0 Å². The third-order valence-corrected chi connectivity index (χ3v) is 5.76. The van der Waals surface area contributed by atoms with E-state index in [1.165, 1.54) is 28.7 Å². The predicted octanol–water partition coefficient (Wildman–Crippen LogP) is 4.91. The molecule has 1 aliphatic carbocycles. The highest BCUT2D eigenvalue weighted by molar-refractivity contribution is 14.1. The smallest absolute Gasteiger partial charge is 0.287 e. The summed E-state index contributed by atoms with van der Waals surface area (Å²) < 4.78 is 13.8. The average Bonchev–Trinajstić information content (AvgIpc) is 3.07. The molecule has 0 spiro atoms. The zero-order chi connectivity index (χ0) is 20.2. The Morgan fingerprint density at radius 1 is 1.17 bits per heavy atom. The zero-order valence-corrected chi connectivity index (χ0v) is 18.7. The van der Waals surface area contributed by atoms with Gasteiger partial charge in [-0.1, -0.05) is 6.07 Å². The van der Waals surface area contributed by atoms with Crippen molar-refractivity contribution in [3.05, 3.63) is 67.9 Å². The molecule has 1 heterocycles. The highest BCUT2D eigenvalue weighted by Crippen LogP contribution is 2.25. The number of fused-ring (bicyclic) bond motifs is 1. The molecule has 1 aromatic heterocycles. The molecular weight excluding hydrogens is 501 g/mol. The lowest BCUT2D eigenvalue weighted by Gasteiger charge is -2.16. The van der Waals surface area contributed by atoms with Crippen LogP contribution in [0.2, 0.25) is 0 Å². The van der Waals surface area contributed by atoms with Crippen LogP contribution >= 0.6 is 34.8 Å². The summed E-state index contributed by atoms with van der Waals surface area (Å²) in [5.41, 5.74) is 3.48. The van der Waals surface area contributed by atoms with E-state index < -0.39 is 0 Å².